The molecule has 1 aliphatic heterocycles. The summed E-state index contributed by atoms with van der Waals surface area (Å²) in [6.07, 6.45) is 0.886. The maximum Gasteiger partial charge on any atom is 0.216 e. The topological polar surface area (TPSA) is 35.5 Å². The van der Waals surface area contributed by atoms with E-state index in [1.165, 1.54) is 16.7 Å². The molecule has 0 bridgehead atoms. The second-order valence-corrected chi connectivity index (χ2v) is 8.12. The van der Waals surface area contributed by atoms with Gasteiger partial charge in [0.15, 0.2) is 11.5 Å². The number of quaternary nitrogens is 1. The summed E-state index contributed by atoms with van der Waals surface area (Å²) in [4.78, 5) is 13.2. The Kier molecular flexibility index (Phi) is 7.19. The van der Waals surface area contributed by atoms with Crippen LogP contribution >= 0.6 is 0 Å². The number of nitrogens with zero attached hydrogens (tertiary/aromatic N) is 1. The van der Waals surface area contributed by atoms with Crippen molar-refractivity contribution in [3.8, 4) is 11.5 Å². The molecule has 0 amide bonds. The summed E-state index contributed by atoms with van der Waals surface area (Å²) in [6.45, 7) is 1.32. The molecule has 162 valence electrons. The Morgan fingerprint density at radius 1 is 0.935 bits per heavy atom. The first kappa shape index (κ1) is 23.0. The summed E-state index contributed by atoms with van der Waals surface area (Å²) in [6, 6.07) is 24.3. The average Bonchev–Trinajstić information content (AvgIpc) is 2.79. The average molecular weight is 482 g/mol. The molecule has 5 heteroatoms. The normalized spacial score (nSPS) is 19.6. The van der Waals surface area contributed by atoms with Crippen molar-refractivity contribution in [2.24, 2.45) is 0 Å². The lowest BCUT2D eigenvalue weighted by atomic mass is 9.85. The van der Waals surface area contributed by atoms with Crippen molar-refractivity contribution in [3.63, 3.8) is 0 Å². The molecule has 1 aliphatic rings. The Bertz CT molecular complexity index is 1040. The van der Waals surface area contributed by atoms with Crippen molar-refractivity contribution in [1.29, 1.82) is 0 Å². The molecule has 4 rings (SSSR count). The molecule has 1 heterocycles. The molecular weight excluding hydrogens is 454 g/mol. The van der Waals surface area contributed by atoms with Crippen LogP contribution in [0.3, 0.4) is 0 Å². The van der Waals surface area contributed by atoms with E-state index < -0.39 is 0 Å². The molecule has 0 N–H and O–H groups in total. The Hall–Kier alpha value is -2.63. The summed E-state index contributed by atoms with van der Waals surface area (Å²) < 4.78 is 11.8. The molecule has 4 nitrogen and oxygen atoms in total. The maximum atomic E-state index is 13.2. The number of hydrogen-bond donors (Lipinski definition) is 0. The van der Waals surface area contributed by atoms with E-state index in [1.807, 2.05) is 36.4 Å². The second kappa shape index (κ2) is 9.67. The van der Waals surface area contributed by atoms with Crippen LogP contribution in [0, 0.1) is 0 Å². The Morgan fingerprint density at radius 3 is 2.13 bits per heavy atom. The predicted molar refractivity (Wildman–Crippen MR) is 118 cm³/mol. The first-order valence-corrected chi connectivity index (χ1v) is 10.3. The van der Waals surface area contributed by atoms with Crippen LogP contribution in [0.2, 0.25) is 0 Å². The van der Waals surface area contributed by atoms with Gasteiger partial charge in [-0.25, -0.2) is 0 Å². The zero-order valence-corrected chi connectivity index (χ0v) is 19.8. The van der Waals surface area contributed by atoms with Crippen LogP contribution in [-0.2, 0) is 6.42 Å². The Balaban J connectivity index is 0.00000272. The van der Waals surface area contributed by atoms with Gasteiger partial charge < -0.3 is 30.9 Å². The van der Waals surface area contributed by atoms with Gasteiger partial charge >= 0.3 is 0 Å². The smallest absolute Gasteiger partial charge is 0.216 e. The summed E-state index contributed by atoms with van der Waals surface area (Å²) in [7, 11) is 5.52. The largest absolute Gasteiger partial charge is 1.00 e. The van der Waals surface area contributed by atoms with Gasteiger partial charge in [-0.3, -0.25) is 4.79 Å². The highest BCUT2D eigenvalue weighted by atomic mass is 79.9. The summed E-state index contributed by atoms with van der Waals surface area (Å²) in [5.74, 6) is 1.64. The third-order valence-corrected chi connectivity index (χ3v) is 6.17. The fourth-order valence-corrected chi connectivity index (χ4v) is 4.64. The molecule has 0 spiro atoms. The van der Waals surface area contributed by atoms with Crippen LogP contribution in [0.25, 0.3) is 0 Å². The van der Waals surface area contributed by atoms with E-state index in [0.717, 1.165) is 30.0 Å². The minimum absolute atomic E-state index is 0. The second-order valence-electron chi connectivity index (χ2n) is 8.12. The zero-order valence-electron chi connectivity index (χ0n) is 18.2. The number of carbonyl (C=O) groups excluding carboxylic acids is 1. The van der Waals surface area contributed by atoms with Crippen LogP contribution in [0.15, 0.2) is 72.8 Å². The fourth-order valence-electron chi connectivity index (χ4n) is 4.64. The number of carbonyl (C=O) groups is 1. The molecule has 2 atom stereocenters. The van der Waals surface area contributed by atoms with Crippen LogP contribution in [-0.4, -0.2) is 44.6 Å². The lowest BCUT2D eigenvalue weighted by molar-refractivity contribution is -0.927. The van der Waals surface area contributed by atoms with Crippen molar-refractivity contribution in [2.75, 3.05) is 34.4 Å². The first-order chi connectivity index (χ1) is 14.6. The molecule has 0 radical (unpaired) electrons. The van der Waals surface area contributed by atoms with Gasteiger partial charge in [-0.1, -0.05) is 60.7 Å². The monoisotopic (exact) mass is 481 g/mol. The van der Waals surface area contributed by atoms with Crippen LogP contribution < -0.4 is 26.5 Å². The highest BCUT2D eigenvalue weighted by molar-refractivity contribution is 5.97. The van der Waals surface area contributed by atoms with Gasteiger partial charge in [0.2, 0.25) is 5.78 Å². The minimum Gasteiger partial charge on any atom is -1.00 e. The van der Waals surface area contributed by atoms with E-state index in [4.69, 9.17) is 9.47 Å². The highest BCUT2D eigenvalue weighted by Gasteiger charge is 2.42. The molecule has 0 saturated carbocycles. The number of halogens is 1. The van der Waals surface area contributed by atoms with Gasteiger partial charge in [0, 0.05) is 23.1 Å². The van der Waals surface area contributed by atoms with Gasteiger partial charge in [-0.2, -0.15) is 0 Å². The van der Waals surface area contributed by atoms with Gasteiger partial charge in [0.25, 0.3) is 0 Å². The molecule has 31 heavy (non-hydrogen) atoms. The van der Waals surface area contributed by atoms with Crippen LogP contribution in [0.1, 0.15) is 33.1 Å². The van der Waals surface area contributed by atoms with E-state index in [0.29, 0.717) is 11.0 Å². The molecule has 3 aromatic rings. The SMILES string of the molecule is COc1cc2c(cc1OC)[C@@H](c1ccccc1)[N@+](C)(CC(=O)c1ccccc1)CC2.[Br-]. The molecule has 0 fully saturated rings. The van der Waals surface area contributed by atoms with Gasteiger partial charge in [0.1, 0.15) is 12.6 Å². The lowest BCUT2D eigenvalue weighted by Crippen LogP contribution is -3.00. The van der Waals surface area contributed by atoms with Crippen LogP contribution in [0.4, 0.5) is 0 Å². The number of Topliss-reactive ketones (excluding diaryl/α,β-unsaturated/α-hetero) is 1. The first-order valence-electron chi connectivity index (χ1n) is 10.3. The highest BCUT2D eigenvalue weighted by Crippen LogP contribution is 2.44. The molecule has 3 aromatic carbocycles. The number of ether oxygens (including phenoxy) is 2. The minimum atomic E-state index is 0. The number of fused-ring (bicyclic) bond motifs is 1. The summed E-state index contributed by atoms with van der Waals surface area (Å²) in [5, 5.41) is 0. The molecular formula is C26H28BrNO3. The molecule has 0 unspecified atom stereocenters. The summed E-state index contributed by atoms with van der Waals surface area (Å²) in [5.41, 5.74) is 4.42. The van der Waals surface area contributed by atoms with E-state index in [1.54, 1.807) is 14.2 Å². The van der Waals surface area contributed by atoms with Crippen molar-refractivity contribution in [3.05, 3.63) is 95.1 Å². The quantitative estimate of drug-likeness (QED) is 0.397. The third-order valence-electron chi connectivity index (χ3n) is 6.17. The number of methoxy groups -OCH3 is 2. The molecule has 0 saturated heterocycles. The van der Waals surface area contributed by atoms with Crippen molar-refractivity contribution >= 4 is 5.78 Å². The van der Waals surface area contributed by atoms with Gasteiger partial charge in [-0.15, -0.1) is 0 Å². The molecule has 0 aliphatic carbocycles. The zero-order chi connectivity index (χ0) is 21.1. The van der Waals surface area contributed by atoms with Gasteiger partial charge in [-0.05, 0) is 17.7 Å². The Labute approximate surface area is 194 Å². The number of ketones is 1. The lowest BCUT2D eigenvalue weighted by Gasteiger charge is -2.45. The predicted octanol–water partition coefficient (Wildman–Crippen LogP) is 1.68. The van der Waals surface area contributed by atoms with E-state index in [9.17, 15) is 4.79 Å². The maximum absolute atomic E-state index is 13.2. The van der Waals surface area contributed by atoms with E-state index in [2.05, 4.69) is 43.4 Å². The number of likely N-dealkylation sites (N-methyl/N-ethyl adjacent to an activating group) is 1. The molecule has 0 aromatic heterocycles. The van der Waals surface area contributed by atoms with Gasteiger partial charge in [0.05, 0.1) is 27.8 Å². The van der Waals surface area contributed by atoms with E-state index >= 15 is 0 Å². The number of benzene rings is 3. The third kappa shape index (κ3) is 4.53. The number of rotatable bonds is 6. The summed E-state index contributed by atoms with van der Waals surface area (Å²) >= 11 is 0. The number of hydrogen-bond acceptors (Lipinski definition) is 3. The van der Waals surface area contributed by atoms with Crippen molar-refractivity contribution < 1.29 is 35.7 Å². The fraction of sp³-hybridized carbons (Fsp3) is 0.269. The van der Waals surface area contributed by atoms with Crippen molar-refractivity contribution in [2.45, 2.75) is 12.5 Å². The Morgan fingerprint density at radius 2 is 1.52 bits per heavy atom. The standard InChI is InChI=1S/C26H28NO3.BrH/c1-27(18-23(28)19-10-6-4-7-11-19)15-14-21-16-24(29-2)25(30-3)17-22(21)26(27)20-12-8-5-9-13-20;/h4-13,16-17,26H,14-15,18H2,1-3H3;1H/q+1;/p-1/t26-,27+;/m1./s1. The van der Waals surface area contributed by atoms with Crippen molar-refractivity contribution in [1.82, 2.24) is 0 Å². The van der Waals surface area contributed by atoms with E-state index in [-0.39, 0.29) is 28.8 Å². The van der Waals surface area contributed by atoms with Crippen LogP contribution in [0.5, 0.6) is 11.5 Å².